The Morgan fingerprint density at radius 2 is 1.87 bits per heavy atom. The number of likely N-dealkylation sites (tertiary alicyclic amines) is 1. The predicted octanol–water partition coefficient (Wildman–Crippen LogP) is 1.43. The molecule has 4 rings (SSSR count). The number of nitrogen functional groups attached to an aromatic ring is 1. The summed E-state index contributed by atoms with van der Waals surface area (Å²) in [7, 11) is 10.3. The van der Waals surface area contributed by atoms with Crippen LogP contribution in [-0.4, -0.2) is 85.2 Å². The summed E-state index contributed by atoms with van der Waals surface area (Å²) in [4.78, 5) is 8.94. The number of hydrogen-bond donors (Lipinski definition) is 2. The summed E-state index contributed by atoms with van der Waals surface area (Å²) in [5.41, 5.74) is 10.1. The van der Waals surface area contributed by atoms with E-state index in [0.29, 0.717) is 17.6 Å². The van der Waals surface area contributed by atoms with E-state index in [1.165, 1.54) is 0 Å². The SMILES string of the molecule is BC(B)(Oc1cc(-c2cnn(C3CCN(C)CC3)c2)cnc1N)c1cc(C#CC(C)(C)O)ccc1CN(C)C. The summed E-state index contributed by atoms with van der Waals surface area (Å²) in [5.74, 6) is 6.86. The van der Waals surface area contributed by atoms with Crippen LogP contribution in [0.2, 0.25) is 0 Å². The molecule has 204 valence electrons. The molecule has 3 N–H and O–H groups in total. The highest BCUT2D eigenvalue weighted by molar-refractivity contribution is 6.39. The monoisotopic (exact) mass is 526 g/mol. The van der Waals surface area contributed by atoms with Crippen molar-refractivity contribution in [3.05, 3.63) is 59.5 Å². The van der Waals surface area contributed by atoms with Gasteiger partial charge in [-0.25, -0.2) is 4.98 Å². The molecule has 3 aromatic rings. The van der Waals surface area contributed by atoms with E-state index < -0.39 is 11.0 Å². The van der Waals surface area contributed by atoms with Gasteiger partial charge in [0, 0.05) is 35.6 Å². The fourth-order valence-electron chi connectivity index (χ4n) is 4.89. The van der Waals surface area contributed by atoms with Crippen molar-refractivity contribution >= 4 is 21.5 Å². The Morgan fingerprint density at radius 3 is 2.54 bits per heavy atom. The molecule has 39 heavy (non-hydrogen) atoms. The second-order valence-corrected chi connectivity index (χ2v) is 11.9. The number of rotatable bonds is 7. The Bertz CT molecular complexity index is 1360. The van der Waals surface area contributed by atoms with E-state index >= 15 is 0 Å². The second-order valence-electron chi connectivity index (χ2n) is 11.9. The first-order chi connectivity index (χ1) is 18.3. The summed E-state index contributed by atoms with van der Waals surface area (Å²) >= 11 is 0. The maximum absolute atomic E-state index is 10.1. The van der Waals surface area contributed by atoms with Gasteiger partial charge in [-0.15, -0.1) is 0 Å². The predicted molar refractivity (Wildman–Crippen MR) is 162 cm³/mol. The number of nitrogens with zero attached hydrogens (tertiary/aromatic N) is 5. The van der Waals surface area contributed by atoms with Crippen LogP contribution in [0, 0.1) is 11.8 Å². The lowest BCUT2D eigenvalue weighted by Crippen LogP contribution is -2.36. The number of ether oxygens (including phenoxy) is 1. The molecule has 0 unspecified atom stereocenters. The zero-order valence-electron chi connectivity index (χ0n) is 24.3. The zero-order valence-corrected chi connectivity index (χ0v) is 24.3. The first-order valence-electron chi connectivity index (χ1n) is 13.5. The lowest BCUT2D eigenvalue weighted by atomic mass is 9.60. The van der Waals surface area contributed by atoms with Gasteiger partial charge in [-0.05, 0) is 90.2 Å². The molecule has 1 aliphatic heterocycles. The Balaban J connectivity index is 1.63. The van der Waals surface area contributed by atoms with E-state index in [-0.39, 0.29) is 0 Å². The Hall–Kier alpha value is -3.25. The Morgan fingerprint density at radius 1 is 1.15 bits per heavy atom. The molecule has 1 aromatic carbocycles. The number of anilines is 1. The molecular formula is C29H40B2N6O2. The molecule has 1 fully saturated rings. The highest BCUT2D eigenvalue weighted by atomic mass is 16.5. The van der Waals surface area contributed by atoms with Crippen LogP contribution >= 0.6 is 0 Å². The lowest BCUT2D eigenvalue weighted by molar-refractivity contribution is 0.143. The number of aliphatic hydroxyl groups is 1. The normalized spacial score (nSPS) is 15.3. The Kier molecular flexibility index (Phi) is 8.45. The lowest BCUT2D eigenvalue weighted by Gasteiger charge is -2.31. The van der Waals surface area contributed by atoms with Crippen LogP contribution in [-0.2, 0) is 11.9 Å². The van der Waals surface area contributed by atoms with Crippen LogP contribution in [0.15, 0.2) is 42.9 Å². The molecule has 0 radical (unpaired) electrons. The van der Waals surface area contributed by atoms with Crippen molar-refractivity contribution in [2.75, 3.05) is 40.0 Å². The van der Waals surface area contributed by atoms with Crippen LogP contribution in [0.3, 0.4) is 0 Å². The van der Waals surface area contributed by atoms with E-state index in [1.807, 2.05) is 54.2 Å². The molecule has 0 aliphatic carbocycles. The maximum Gasteiger partial charge on any atom is 0.166 e. The highest BCUT2D eigenvalue weighted by Crippen LogP contribution is 2.33. The summed E-state index contributed by atoms with van der Waals surface area (Å²) in [5, 5.41) is 14.0. The van der Waals surface area contributed by atoms with E-state index in [0.717, 1.165) is 60.3 Å². The molecule has 10 heteroatoms. The first-order valence-corrected chi connectivity index (χ1v) is 13.5. The summed E-state index contributed by atoms with van der Waals surface area (Å²) in [6.45, 7) is 6.25. The second kappa shape index (κ2) is 11.5. The fraction of sp³-hybridized carbons (Fsp3) is 0.448. The van der Waals surface area contributed by atoms with Crippen molar-refractivity contribution < 1.29 is 9.84 Å². The van der Waals surface area contributed by atoms with Crippen molar-refractivity contribution in [1.29, 1.82) is 0 Å². The average molecular weight is 526 g/mol. The number of nitrogens with two attached hydrogens (primary N) is 1. The van der Waals surface area contributed by atoms with Crippen molar-refractivity contribution in [2.24, 2.45) is 0 Å². The topological polar surface area (TPSA) is 92.7 Å². The van der Waals surface area contributed by atoms with E-state index in [9.17, 15) is 5.11 Å². The van der Waals surface area contributed by atoms with Crippen molar-refractivity contribution in [2.45, 2.75) is 50.3 Å². The van der Waals surface area contributed by atoms with Gasteiger partial charge in [0.1, 0.15) is 5.60 Å². The number of piperidine rings is 1. The van der Waals surface area contributed by atoms with Gasteiger partial charge in [0.25, 0.3) is 0 Å². The number of hydrogen-bond acceptors (Lipinski definition) is 7. The van der Waals surface area contributed by atoms with Crippen LogP contribution in [0.5, 0.6) is 5.75 Å². The highest BCUT2D eigenvalue weighted by Gasteiger charge is 2.28. The van der Waals surface area contributed by atoms with Crippen LogP contribution in [0.25, 0.3) is 11.1 Å². The largest absolute Gasteiger partial charge is 0.497 e. The molecule has 0 atom stereocenters. The smallest absolute Gasteiger partial charge is 0.166 e. The summed E-state index contributed by atoms with van der Waals surface area (Å²) in [6.07, 6.45) is 7.94. The molecule has 0 amide bonds. The van der Waals surface area contributed by atoms with Gasteiger partial charge >= 0.3 is 0 Å². The quantitative estimate of drug-likeness (QED) is 0.356. The van der Waals surface area contributed by atoms with Crippen LogP contribution in [0.4, 0.5) is 5.82 Å². The van der Waals surface area contributed by atoms with Crippen LogP contribution in [0.1, 0.15) is 49.4 Å². The number of aromatic nitrogens is 3. The molecule has 0 bridgehead atoms. The third-order valence-electron chi connectivity index (χ3n) is 7.00. The average Bonchev–Trinajstić information content (AvgIpc) is 3.34. The van der Waals surface area contributed by atoms with Gasteiger partial charge in [-0.1, -0.05) is 17.9 Å². The number of pyridine rings is 1. The van der Waals surface area contributed by atoms with Gasteiger partial charge in [0.2, 0.25) is 0 Å². The molecule has 3 heterocycles. The standard InChI is InChI=1S/C29H40B2N6O2/c1-28(2,38)11-8-20-6-7-21(18-35(3)4)25(14-20)29(30,31)39-26-15-22(16-33-27(26)32)23-17-34-37(19-23)24-9-12-36(5)13-10-24/h6-7,14-17,19,24,38H,9-10,12-13,18,30-31H2,1-5H3,(H2,32,33). The minimum absolute atomic E-state index is 0.335. The number of benzene rings is 1. The van der Waals surface area contributed by atoms with E-state index in [4.69, 9.17) is 10.5 Å². The minimum atomic E-state index is -1.07. The molecule has 0 spiro atoms. The molecule has 0 saturated carbocycles. The van der Waals surface area contributed by atoms with Gasteiger partial charge in [0.05, 0.1) is 17.6 Å². The Labute approximate surface area is 234 Å². The third kappa shape index (κ3) is 7.45. The summed E-state index contributed by atoms with van der Waals surface area (Å²) in [6, 6.07) is 8.45. The van der Waals surface area contributed by atoms with E-state index in [2.05, 4.69) is 55.7 Å². The fourth-order valence-corrected chi connectivity index (χ4v) is 4.89. The van der Waals surface area contributed by atoms with Gasteiger partial charge in [-0.2, -0.15) is 5.10 Å². The van der Waals surface area contributed by atoms with Crippen molar-refractivity contribution in [3.8, 4) is 28.7 Å². The third-order valence-corrected chi connectivity index (χ3v) is 7.00. The van der Waals surface area contributed by atoms with Gasteiger partial charge < -0.3 is 25.4 Å². The van der Waals surface area contributed by atoms with Crippen molar-refractivity contribution in [1.82, 2.24) is 24.6 Å². The first kappa shape index (κ1) is 28.8. The van der Waals surface area contributed by atoms with Crippen LogP contribution < -0.4 is 10.5 Å². The van der Waals surface area contributed by atoms with Gasteiger partial charge in [-0.3, -0.25) is 4.68 Å². The molecule has 1 aliphatic rings. The zero-order chi connectivity index (χ0) is 28.4. The van der Waals surface area contributed by atoms with Crippen molar-refractivity contribution in [3.63, 3.8) is 0 Å². The molecule has 2 aromatic heterocycles. The maximum atomic E-state index is 10.1. The van der Waals surface area contributed by atoms with Gasteiger partial charge in [0.15, 0.2) is 27.3 Å². The molecular weight excluding hydrogens is 486 g/mol. The minimum Gasteiger partial charge on any atom is -0.497 e. The summed E-state index contributed by atoms with van der Waals surface area (Å²) < 4.78 is 8.68. The molecule has 1 saturated heterocycles. The molecule has 8 nitrogen and oxygen atoms in total. The van der Waals surface area contributed by atoms with E-state index in [1.54, 1.807) is 20.0 Å².